The van der Waals surface area contributed by atoms with E-state index < -0.39 is 5.91 Å². The molecule has 0 aliphatic carbocycles. The van der Waals surface area contributed by atoms with Gasteiger partial charge in [-0.25, -0.2) is 0 Å². The molecule has 0 bridgehead atoms. The summed E-state index contributed by atoms with van der Waals surface area (Å²) in [5.41, 5.74) is 1.55. The van der Waals surface area contributed by atoms with E-state index in [2.05, 4.69) is 15.5 Å². The Balaban J connectivity index is 1.80. The van der Waals surface area contributed by atoms with Gasteiger partial charge in [0.1, 0.15) is 6.61 Å². The molecule has 2 fully saturated rings. The van der Waals surface area contributed by atoms with Crippen molar-refractivity contribution in [2.75, 3.05) is 31.7 Å². The number of carbonyl (C=O) groups excluding carboxylic acids is 3. The maximum atomic E-state index is 11.8. The van der Waals surface area contributed by atoms with Crippen molar-refractivity contribution in [3.63, 3.8) is 0 Å². The van der Waals surface area contributed by atoms with Gasteiger partial charge in [0.25, 0.3) is 11.1 Å². The first kappa shape index (κ1) is 18.8. The predicted molar refractivity (Wildman–Crippen MR) is 101 cm³/mol. The van der Waals surface area contributed by atoms with E-state index in [0.29, 0.717) is 16.5 Å². The molecule has 0 radical (unpaired) electrons. The van der Waals surface area contributed by atoms with Crippen LogP contribution in [-0.2, 0) is 14.3 Å². The highest BCUT2D eigenvalue weighted by Crippen LogP contribution is 2.35. The van der Waals surface area contributed by atoms with Gasteiger partial charge < -0.3 is 15.0 Å². The fraction of sp³-hybridized carbons (Fsp3) is 0.353. The molecule has 0 unspecified atom stereocenters. The number of imide groups is 1. The van der Waals surface area contributed by atoms with Gasteiger partial charge in [0.15, 0.2) is 0 Å². The number of benzene rings is 1. The molecule has 26 heavy (non-hydrogen) atoms. The van der Waals surface area contributed by atoms with Gasteiger partial charge in [0.05, 0.1) is 15.6 Å². The number of ether oxygens (including phenoxy) is 1. The van der Waals surface area contributed by atoms with E-state index in [0.717, 1.165) is 36.0 Å². The molecule has 9 heteroatoms. The van der Waals surface area contributed by atoms with Crippen LogP contribution in [0.2, 0.25) is 5.02 Å². The molecule has 0 saturated carbocycles. The third-order valence-electron chi connectivity index (χ3n) is 4.09. The molecule has 1 atom stereocenters. The van der Waals surface area contributed by atoms with Crippen molar-refractivity contribution in [1.29, 1.82) is 0 Å². The highest BCUT2D eigenvalue weighted by Gasteiger charge is 2.28. The van der Waals surface area contributed by atoms with Crippen LogP contribution in [0.4, 0.5) is 10.5 Å². The molecule has 0 aromatic heterocycles. The zero-order valence-corrected chi connectivity index (χ0v) is 15.7. The lowest BCUT2D eigenvalue weighted by Gasteiger charge is -2.23. The summed E-state index contributed by atoms with van der Waals surface area (Å²) in [5.74, 6) is -0.560. The number of nitrogens with zero attached hydrogens (tertiary/aromatic N) is 1. The first-order chi connectivity index (χ1) is 12.5. The molecule has 3 amide bonds. The maximum absolute atomic E-state index is 11.8. The van der Waals surface area contributed by atoms with Gasteiger partial charge >= 0.3 is 0 Å². The second-order valence-electron chi connectivity index (χ2n) is 5.96. The lowest BCUT2D eigenvalue weighted by molar-refractivity contribution is -0.125. The van der Waals surface area contributed by atoms with E-state index in [1.165, 1.54) is 7.11 Å². The third-order valence-corrected chi connectivity index (χ3v) is 5.21. The Labute approximate surface area is 160 Å². The van der Waals surface area contributed by atoms with Gasteiger partial charge in [-0.05, 0) is 30.3 Å². The summed E-state index contributed by atoms with van der Waals surface area (Å²) in [6.45, 7) is 1.35. The van der Waals surface area contributed by atoms with Gasteiger partial charge in [-0.1, -0.05) is 23.7 Å². The number of hydrogen-bond donors (Lipinski definition) is 2. The number of thioether (sulfide) groups is 1. The molecular formula is C17H18ClN3O4S. The largest absolute Gasteiger partial charge is 0.375 e. The number of carbonyl (C=O) groups is 3. The SMILES string of the molecule is COCC(=O)N[C@H]1CCN(c2c(Cl)cccc2/C=C2\SC(=O)NC2=O)C1. The minimum Gasteiger partial charge on any atom is -0.375 e. The molecule has 1 aromatic carbocycles. The van der Waals surface area contributed by atoms with Gasteiger partial charge in [-0.2, -0.15) is 0 Å². The van der Waals surface area contributed by atoms with Crippen molar-refractivity contribution in [3.8, 4) is 0 Å². The van der Waals surface area contributed by atoms with Crippen LogP contribution in [0.25, 0.3) is 6.08 Å². The minimum absolute atomic E-state index is 0.000146. The highest BCUT2D eigenvalue weighted by molar-refractivity contribution is 8.18. The van der Waals surface area contributed by atoms with Crippen molar-refractivity contribution in [1.82, 2.24) is 10.6 Å². The maximum Gasteiger partial charge on any atom is 0.290 e. The second kappa shape index (κ2) is 8.11. The van der Waals surface area contributed by atoms with Crippen LogP contribution in [0.1, 0.15) is 12.0 Å². The van der Waals surface area contributed by atoms with Gasteiger partial charge in [-0.3, -0.25) is 19.7 Å². The highest BCUT2D eigenvalue weighted by atomic mass is 35.5. The Bertz CT molecular complexity index is 783. The second-order valence-corrected chi connectivity index (χ2v) is 7.38. The van der Waals surface area contributed by atoms with Crippen molar-refractivity contribution in [3.05, 3.63) is 33.7 Å². The van der Waals surface area contributed by atoms with E-state index in [4.69, 9.17) is 16.3 Å². The van der Waals surface area contributed by atoms with Gasteiger partial charge in [0, 0.05) is 31.8 Å². The number of rotatable bonds is 5. The standard InChI is InChI=1S/C17H18ClN3O4S/c1-25-9-14(22)19-11-5-6-21(8-11)15-10(3-2-4-12(15)18)7-13-16(23)20-17(24)26-13/h2-4,7,11H,5-6,8-9H2,1H3,(H,19,22)(H,20,23,24)/b13-7-/t11-/m0/s1. The van der Waals surface area contributed by atoms with Crippen molar-refractivity contribution >= 4 is 52.2 Å². The number of halogens is 1. The first-order valence-corrected chi connectivity index (χ1v) is 9.24. The number of methoxy groups -OCH3 is 1. The van der Waals surface area contributed by atoms with E-state index >= 15 is 0 Å². The van der Waals surface area contributed by atoms with E-state index in [1.807, 2.05) is 6.07 Å². The number of anilines is 1. The predicted octanol–water partition coefficient (Wildman–Crippen LogP) is 2.01. The normalized spacial score (nSPS) is 21.4. The monoisotopic (exact) mass is 395 g/mol. The Kier molecular flexibility index (Phi) is 5.85. The molecule has 2 saturated heterocycles. The summed E-state index contributed by atoms with van der Waals surface area (Å²) in [4.78, 5) is 37.3. The number of hydrogen-bond acceptors (Lipinski definition) is 6. The topological polar surface area (TPSA) is 87.7 Å². The summed E-state index contributed by atoms with van der Waals surface area (Å²) >= 11 is 7.28. The molecular weight excluding hydrogens is 378 g/mol. The number of nitrogens with one attached hydrogen (secondary N) is 2. The van der Waals surface area contributed by atoms with E-state index in [-0.39, 0.29) is 23.8 Å². The third kappa shape index (κ3) is 4.20. The Morgan fingerprint density at radius 1 is 1.50 bits per heavy atom. The van der Waals surface area contributed by atoms with Crippen LogP contribution in [0.3, 0.4) is 0 Å². The molecule has 3 rings (SSSR count). The molecule has 138 valence electrons. The van der Waals surface area contributed by atoms with Crippen LogP contribution in [0, 0.1) is 0 Å². The van der Waals surface area contributed by atoms with Crippen molar-refractivity contribution in [2.45, 2.75) is 12.5 Å². The first-order valence-electron chi connectivity index (χ1n) is 8.04. The van der Waals surface area contributed by atoms with Crippen LogP contribution < -0.4 is 15.5 Å². The van der Waals surface area contributed by atoms with Crippen LogP contribution in [0.15, 0.2) is 23.1 Å². The number of para-hydroxylation sites is 1. The Morgan fingerprint density at radius 3 is 3.00 bits per heavy atom. The van der Waals surface area contributed by atoms with E-state index in [1.54, 1.807) is 18.2 Å². The van der Waals surface area contributed by atoms with Crippen LogP contribution in [0.5, 0.6) is 0 Å². The molecule has 2 aliphatic heterocycles. The Morgan fingerprint density at radius 2 is 2.31 bits per heavy atom. The summed E-state index contributed by atoms with van der Waals surface area (Å²) in [6.07, 6.45) is 2.45. The van der Waals surface area contributed by atoms with Crippen molar-refractivity contribution in [2.24, 2.45) is 0 Å². The fourth-order valence-electron chi connectivity index (χ4n) is 3.03. The summed E-state index contributed by atoms with van der Waals surface area (Å²) in [6, 6.07) is 5.43. The fourth-order valence-corrected chi connectivity index (χ4v) is 4.00. The zero-order valence-electron chi connectivity index (χ0n) is 14.1. The minimum atomic E-state index is -0.406. The molecule has 0 spiro atoms. The van der Waals surface area contributed by atoms with Gasteiger partial charge in [0.2, 0.25) is 5.91 Å². The van der Waals surface area contributed by atoms with Crippen molar-refractivity contribution < 1.29 is 19.1 Å². The smallest absolute Gasteiger partial charge is 0.290 e. The summed E-state index contributed by atoms with van der Waals surface area (Å²) in [7, 11) is 1.48. The molecule has 2 aliphatic rings. The van der Waals surface area contributed by atoms with Gasteiger partial charge in [-0.15, -0.1) is 0 Å². The average molecular weight is 396 g/mol. The van der Waals surface area contributed by atoms with E-state index in [9.17, 15) is 14.4 Å². The quantitative estimate of drug-likeness (QED) is 0.741. The molecule has 2 N–H and O–H groups in total. The van der Waals surface area contributed by atoms with Crippen LogP contribution in [-0.4, -0.2) is 49.9 Å². The molecule has 7 nitrogen and oxygen atoms in total. The Hall–Kier alpha value is -2.03. The zero-order chi connectivity index (χ0) is 18.7. The van der Waals surface area contributed by atoms with Crippen LogP contribution >= 0.6 is 23.4 Å². The number of amides is 3. The molecule has 2 heterocycles. The molecule has 1 aromatic rings. The summed E-state index contributed by atoms with van der Waals surface area (Å²) in [5, 5.41) is 5.34. The lowest BCUT2D eigenvalue weighted by Crippen LogP contribution is -2.39. The lowest BCUT2D eigenvalue weighted by atomic mass is 10.1. The average Bonchev–Trinajstić information content (AvgIpc) is 3.14. The summed E-state index contributed by atoms with van der Waals surface area (Å²) < 4.78 is 4.83.